The summed E-state index contributed by atoms with van der Waals surface area (Å²) in [6, 6.07) is 60.5. The Labute approximate surface area is 900 Å². The summed E-state index contributed by atoms with van der Waals surface area (Å²) in [6.45, 7) is 10.3. The number of aliphatic imine (C=N–C) groups is 3. The molecule has 9 aromatic carbocycles. The fourth-order valence-corrected chi connectivity index (χ4v) is 18.2. The standard InChI is InChI=1S/C24H25BrN6O4S.C24H27BrN6O2S.C21H22BrN3O3S.C21H24BrN3O3S.C7H4BrNS.Cl2O2S/c25-16-7-8-17-19(12-16)36-24(29-17)30-18(22(34)35)13-28-21(33)15-5-2-14(3-6-15)4-9-20(32)31-23-26-10-1-11-27-23;1-15(29-24-30-19-9-8-18(25)13-20(19)34-24)14-28-22(33)17-6-3-16(4-7-17)5-10-21(32)31-23-26-11-2-12-27-23;1-13(24-21-25-17-9-8-16(22)11-18(17)29-21)12-23-20(27)15-6-3-14(4-7-15)5-10-19(26)28-2;1-14(24-21(29)25-18-10-8-17(22)9-11-18)13-23-20(27)16-6-3-15(4-7-16)5-12-19(26)28-2;8-6-1-3-7(4-2-6)9-5-10;1-5(2,3)4/h2-3,5-8,12,18H,1,4,9-11,13H2,(H,28,33)(H,29,30)(H,34,35)(H2,26,27,31,32);3-4,6-9,13,15H,2,5,10-12,14H2,1H3,(H,28,33)(H,29,30)(H2,26,27,31,32);3-4,6-9,11,13H,5,10,12H2,1-2H3,(H,23,27)(H,24,25);3-4,6-11,14H,5,12-13H2,1-2H3,(H,23,27)(H2,24,25,29);1-4H;/t18-;15-;13-;14-;;/m0111../s1. The van der Waals surface area contributed by atoms with E-state index < -0.39 is 20.3 Å². The lowest BCUT2D eigenvalue weighted by Crippen LogP contribution is -2.43. The normalized spacial score (nSPS) is 12.5. The first kappa shape index (κ1) is 115. The first-order valence-corrected chi connectivity index (χ1v) is 54.6. The van der Waals surface area contributed by atoms with Gasteiger partial charge in [-0.25, -0.2) is 19.7 Å². The van der Waals surface area contributed by atoms with E-state index >= 15 is 0 Å². The SMILES string of the molecule is COC(=O)CCc1ccc(C(=O)NC[C@@H](C)NC(=S)Nc2ccc(Br)cc2)cc1.COC(=O)CCc1ccc(C(=O)NC[C@@H](C)Nc2nc3ccc(Br)cc3s2)cc1.C[C@H](CNC(=O)c1ccc(CCC(=O)NC2=NCCCN2)cc1)Nc1nc2ccc(Br)cc2s1.O=C(CCc1ccc(C(=O)NC[C@H](Nc2nc3ccc(Br)cc3s2)C(=O)O)cc1)NC1=NCCCN1.O=S(=O)(Cl)Cl.S=C=Nc1ccc(Br)cc1. The van der Waals surface area contributed by atoms with Crippen LogP contribution in [0.25, 0.3) is 30.6 Å². The van der Waals surface area contributed by atoms with E-state index in [2.05, 4.69) is 227 Å². The number of esters is 2. The van der Waals surface area contributed by atoms with E-state index in [1.54, 1.807) is 83.3 Å². The number of aliphatic carboxylic acids is 1. The van der Waals surface area contributed by atoms with Crippen molar-refractivity contribution in [2.45, 2.75) is 109 Å². The number of amides is 6. The van der Waals surface area contributed by atoms with E-state index in [1.807, 2.05) is 160 Å². The van der Waals surface area contributed by atoms with Gasteiger partial charge in [0.1, 0.15) is 6.04 Å². The number of fused-ring (bicyclic) bond motifs is 3. The second-order valence-electron chi connectivity index (χ2n) is 31.5. The number of isothiocyanates is 1. The number of benzene rings is 9. The summed E-state index contributed by atoms with van der Waals surface area (Å²) in [4.78, 5) is 134. The Morgan fingerprint density at radius 2 is 0.776 bits per heavy atom. The van der Waals surface area contributed by atoms with Gasteiger partial charge in [0, 0.05) is 168 Å². The maximum Gasteiger partial charge on any atom is 0.328 e. The van der Waals surface area contributed by atoms with Gasteiger partial charge >= 0.3 is 26.2 Å². The number of nitrogens with one attached hydrogen (secondary N) is 13. The van der Waals surface area contributed by atoms with Crippen molar-refractivity contribution in [3.05, 3.63) is 267 Å². The fraction of sp³-hybridized carbons (Fsp3) is 0.278. The van der Waals surface area contributed by atoms with Crippen molar-refractivity contribution >= 4 is 301 Å². The van der Waals surface area contributed by atoms with Crippen LogP contribution in [0.1, 0.15) is 123 Å². The van der Waals surface area contributed by atoms with Gasteiger partial charge in [0.25, 0.3) is 23.6 Å². The molecule has 0 radical (unpaired) electrons. The zero-order chi connectivity index (χ0) is 103. The number of anilines is 4. The van der Waals surface area contributed by atoms with E-state index in [1.165, 1.54) is 25.6 Å². The van der Waals surface area contributed by atoms with Gasteiger partial charge in [-0.1, -0.05) is 162 Å². The molecule has 6 amide bonds. The highest BCUT2D eigenvalue weighted by molar-refractivity contribution is 9.11. The summed E-state index contributed by atoms with van der Waals surface area (Å²) in [5.41, 5.74) is 10.4. The zero-order valence-corrected chi connectivity index (χ0v) is 92.0. The highest BCUT2D eigenvalue weighted by Gasteiger charge is 2.23. The predicted octanol–water partition coefficient (Wildman–Crippen LogP) is 18.4. The number of rotatable bonds is 34. The van der Waals surface area contributed by atoms with E-state index in [4.69, 9.17) is 20.6 Å². The minimum Gasteiger partial charge on any atom is -0.480 e. The molecule has 0 spiro atoms. The fourth-order valence-electron chi connectivity index (χ4n) is 12.8. The number of hydrogen-bond acceptors (Lipinski definition) is 29. The maximum atomic E-state index is 12.6. The number of thiazole rings is 3. The molecule has 33 nitrogen and oxygen atoms in total. The monoisotopic (exact) mass is 2410 g/mol. The molecule has 0 aliphatic carbocycles. The van der Waals surface area contributed by atoms with Crippen LogP contribution in [0.5, 0.6) is 0 Å². The molecule has 754 valence electrons. The average molecular weight is 2420 g/mol. The molecule has 0 saturated carbocycles. The lowest BCUT2D eigenvalue weighted by atomic mass is 10.1. The van der Waals surface area contributed by atoms with E-state index in [9.17, 15) is 48.3 Å². The van der Waals surface area contributed by atoms with Crippen LogP contribution >= 0.6 is 159 Å². The van der Waals surface area contributed by atoms with Crippen molar-refractivity contribution in [2.24, 2.45) is 15.0 Å². The molecule has 12 aromatic rings. The summed E-state index contributed by atoms with van der Waals surface area (Å²) >= 11 is 31.3. The molecule has 5 heterocycles. The Balaban J connectivity index is 0.000000203. The number of carboxylic acids is 1. The van der Waals surface area contributed by atoms with Crippen molar-refractivity contribution in [3.8, 4) is 0 Å². The second kappa shape index (κ2) is 60.4. The molecule has 0 unspecified atom stereocenters. The van der Waals surface area contributed by atoms with Gasteiger partial charge < -0.3 is 73.1 Å². The first-order chi connectivity index (χ1) is 68.5. The number of thiocarbonyl (C=S) groups is 2. The second-order valence-corrected chi connectivity index (χ2v) is 43.4. The molecule has 46 heteroatoms. The highest BCUT2D eigenvalue weighted by atomic mass is 79.9. The van der Waals surface area contributed by atoms with Crippen LogP contribution in [-0.4, -0.2) is 195 Å². The lowest BCUT2D eigenvalue weighted by Gasteiger charge is -2.17. The summed E-state index contributed by atoms with van der Waals surface area (Å²) in [6.07, 6.45) is 5.52. The molecule has 4 atom stereocenters. The predicted molar refractivity (Wildman–Crippen MR) is 594 cm³/mol. The van der Waals surface area contributed by atoms with E-state index in [0.717, 1.165) is 129 Å². The number of guanidine groups is 2. The lowest BCUT2D eigenvalue weighted by molar-refractivity contribution is -0.141. The van der Waals surface area contributed by atoms with Gasteiger partial charge in [-0.2, -0.15) is 13.4 Å². The number of carbonyl (C=O) groups is 9. The quantitative estimate of drug-likeness (QED) is 0.00771. The van der Waals surface area contributed by atoms with Crippen LogP contribution in [0, 0.1) is 0 Å². The van der Waals surface area contributed by atoms with Crippen molar-refractivity contribution < 1.29 is 66.1 Å². The number of hydrogen-bond donors (Lipinski definition) is 14. The number of nitrogens with zero attached hydrogens (tertiary/aromatic N) is 6. The number of halogens is 7. The summed E-state index contributed by atoms with van der Waals surface area (Å²) < 4.78 is 35.7. The molecule has 14 rings (SSSR count). The van der Waals surface area contributed by atoms with Crippen LogP contribution in [0.4, 0.5) is 26.8 Å². The molecule has 3 aromatic heterocycles. The number of ether oxygens (including phenoxy) is 2. The van der Waals surface area contributed by atoms with Crippen molar-refractivity contribution in [2.75, 3.05) is 87.8 Å². The molecule has 0 fully saturated rings. The van der Waals surface area contributed by atoms with Gasteiger partial charge in [0.15, 0.2) is 32.4 Å². The van der Waals surface area contributed by atoms with Crippen molar-refractivity contribution in [1.29, 1.82) is 0 Å². The molecule has 2 aliphatic heterocycles. The Bertz CT molecular complexity index is 6570. The van der Waals surface area contributed by atoms with Crippen LogP contribution in [0.2, 0.25) is 0 Å². The molecule has 2 aliphatic rings. The molecule has 14 N–H and O–H groups in total. The van der Waals surface area contributed by atoms with Crippen LogP contribution < -0.4 is 69.1 Å². The Hall–Kier alpha value is -11.4. The number of carbonyl (C=O) groups excluding carboxylic acids is 8. The van der Waals surface area contributed by atoms with Gasteiger partial charge in [-0.15, -0.1) is 0 Å². The first-order valence-electron chi connectivity index (χ1n) is 44.3. The summed E-state index contributed by atoms with van der Waals surface area (Å²) in [7, 11) is 7.56. The van der Waals surface area contributed by atoms with Gasteiger partial charge in [-0.3, -0.25) is 59.0 Å². The Morgan fingerprint density at radius 1 is 0.455 bits per heavy atom. The molecule has 0 bridgehead atoms. The molecular formula is C97H102Br5Cl2N19O14S6. The topological polar surface area (TPSA) is 459 Å². The third-order valence-corrected chi connectivity index (χ3v) is 25.9. The van der Waals surface area contributed by atoms with Gasteiger partial charge in [0.05, 0.1) is 55.7 Å². The van der Waals surface area contributed by atoms with E-state index in [-0.39, 0.29) is 72.1 Å². The third-order valence-electron chi connectivity index (χ3n) is 20.2. The summed E-state index contributed by atoms with van der Waals surface area (Å²) in [5.74, 6) is -1.53. The van der Waals surface area contributed by atoms with Crippen LogP contribution in [0.3, 0.4) is 0 Å². The largest absolute Gasteiger partial charge is 0.480 e. The minimum absolute atomic E-state index is 0.0222. The third kappa shape index (κ3) is 43.6. The number of aromatic nitrogens is 3. The van der Waals surface area contributed by atoms with Crippen molar-refractivity contribution in [1.82, 2.24) is 62.8 Å². The number of aryl methyl sites for hydroxylation is 4. The molecule has 0 saturated heterocycles. The Morgan fingerprint density at radius 3 is 1.10 bits per heavy atom. The number of methoxy groups -OCH3 is 2. The van der Waals surface area contributed by atoms with E-state index in [0.29, 0.717) is 122 Å². The summed E-state index contributed by atoms with van der Waals surface area (Å²) in [5, 5.41) is 53.4. The number of carboxylic acid groups (broad SMARTS) is 1. The minimum atomic E-state index is -3.72. The van der Waals surface area contributed by atoms with Crippen LogP contribution in [0.15, 0.2) is 238 Å². The Kier molecular flexibility index (Phi) is 48.7. The zero-order valence-electron chi connectivity index (χ0n) is 77.6. The smallest absolute Gasteiger partial charge is 0.328 e. The van der Waals surface area contributed by atoms with Gasteiger partial charge in [-0.05, 0) is 258 Å². The maximum absolute atomic E-state index is 12.6. The van der Waals surface area contributed by atoms with Crippen LogP contribution in [-0.2, 0) is 67.4 Å². The molecule has 143 heavy (non-hydrogen) atoms. The highest BCUT2D eigenvalue weighted by Crippen LogP contribution is 2.32. The van der Waals surface area contributed by atoms with Gasteiger partial charge in [0.2, 0.25) is 11.8 Å². The van der Waals surface area contributed by atoms with Crippen molar-refractivity contribution in [3.63, 3.8) is 0 Å². The molecular weight excluding hydrogens is 2320 g/mol. The average Bonchev–Trinajstić information content (AvgIpc) is 1.69.